The standard InChI is InChI=1S/C20H21N5O2/c1-13-16(14(2)27-23-13)11-24-7-9-25(10-8-24)20-19-18(21-12-22-20)15-5-3-4-6-17(15)26-19/h3-6,12H,7-11H2,1-2H3. The number of fused-ring (bicyclic) bond motifs is 3. The zero-order valence-corrected chi connectivity index (χ0v) is 15.5. The number of aryl methyl sites for hydroxylation is 2. The Labute approximate surface area is 156 Å². The number of furan rings is 1. The molecular formula is C20H21N5O2. The summed E-state index contributed by atoms with van der Waals surface area (Å²) < 4.78 is 11.4. The summed E-state index contributed by atoms with van der Waals surface area (Å²) in [5.41, 5.74) is 4.69. The predicted octanol–water partition coefficient (Wildman–Crippen LogP) is 3.30. The molecule has 0 bridgehead atoms. The number of aromatic nitrogens is 3. The third-order valence-corrected chi connectivity index (χ3v) is 5.37. The SMILES string of the molecule is Cc1noc(C)c1CN1CCN(c2ncnc3c2oc2ccccc23)CC1. The minimum Gasteiger partial charge on any atom is -0.450 e. The monoisotopic (exact) mass is 363 g/mol. The number of rotatable bonds is 3. The van der Waals surface area contributed by atoms with Crippen molar-refractivity contribution in [1.82, 2.24) is 20.0 Å². The third kappa shape index (κ3) is 2.75. The van der Waals surface area contributed by atoms with Crippen molar-refractivity contribution in [2.45, 2.75) is 20.4 Å². The van der Waals surface area contributed by atoms with Crippen molar-refractivity contribution in [3.8, 4) is 0 Å². The summed E-state index contributed by atoms with van der Waals surface area (Å²) in [5, 5.41) is 5.09. The first-order valence-corrected chi connectivity index (χ1v) is 9.22. The van der Waals surface area contributed by atoms with E-state index in [-0.39, 0.29) is 0 Å². The van der Waals surface area contributed by atoms with E-state index in [0.29, 0.717) is 0 Å². The number of hydrogen-bond acceptors (Lipinski definition) is 7. The summed E-state index contributed by atoms with van der Waals surface area (Å²) in [7, 11) is 0. The van der Waals surface area contributed by atoms with E-state index in [2.05, 4.69) is 24.9 Å². The van der Waals surface area contributed by atoms with Crippen LogP contribution in [0.4, 0.5) is 5.82 Å². The van der Waals surface area contributed by atoms with Crippen LogP contribution in [0.15, 0.2) is 39.5 Å². The molecule has 1 fully saturated rings. The molecule has 0 unspecified atom stereocenters. The van der Waals surface area contributed by atoms with E-state index >= 15 is 0 Å². The summed E-state index contributed by atoms with van der Waals surface area (Å²) in [5.74, 6) is 1.79. The highest BCUT2D eigenvalue weighted by molar-refractivity contribution is 6.05. The summed E-state index contributed by atoms with van der Waals surface area (Å²) in [6.45, 7) is 8.55. The van der Waals surface area contributed by atoms with Gasteiger partial charge in [-0.05, 0) is 26.0 Å². The van der Waals surface area contributed by atoms with Crippen LogP contribution in [0.1, 0.15) is 17.0 Å². The van der Waals surface area contributed by atoms with Crippen molar-refractivity contribution >= 4 is 27.9 Å². The molecule has 1 aliphatic rings. The Morgan fingerprint density at radius 3 is 2.63 bits per heavy atom. The van der Waals surface area contributed by atoms with Gasteiger partial charge in [0.1, 0.15) is 23.2 Å². The molecule has 27 heavy (non-hydrogen) atoms. The molecule has 7 heteroatoms. The molecular weight excluding hydrogens is 342 g/mol. The highest BCUT2D eigenvalue weighted by Gasteiger charge is 2.24. The maximum Gasteiger partial charge on any atom is 0.196 e. The second-order valence-corrected chi connectivity index (χ2v) is 7.04. The van der Waals surface area contributed by atoms with Crippen molar-refractivity contribution in [3.63, 3.8) is 0 Å². The molecule has 3 aromatic heterocycles. The Kier molecular flexibility index (Phi) is 3.82. The minimum atomic E-state index is 0.776. The van der Waals surface area contributed by atoms with Crippen molar-refractivity contribution in [3.05, 3.63) is 47.6 Å². The normalized spacial score (nSPS) is 15.9. The third-order valence-electron chi connectivity index (χ3n) is 5.37. The fraction of sp³-hybridized carbons (Fsp3) is 0.350. The fourth-order valence-electron chi connectivity index (χ4n) is 3.81. The molecule has 0 saturated carbocycles. The van der Waals surface area contributed by atoms with E-state index in [1.807, 2.05) is 38.1 Å². The second kappa shape index (κ2) is 6.35. The molecule has 0 amide bonds. The molecule has 0 aliphatic carbocycles. The molecule has 1 aromatic carbocycles. The van der Waals surface area contributed by atoms with Gasteiger partial charge in [0, 0.05) is 43.7 Å². The van der Waals surface area contributed by atoms with Gasteiger partial charge in [0.2, 0.25) is 0 Å². The van der Waals surface area contributed by atoms with Crippen molar-refractivity contribution in [2.75, 3.05) is 31.1 Å². The van der Waals surface area contributed by atoms with Gasteiger partial charge in [0.25, 0.3) is 0 Å². The molecule has 7 nitrogen and oxygen atoms in total. The number of benzene rings is 1. The number of para-hydroxylation sites is 1. The minimum absolute atomic E-state index is 0.776. The predicted molar refractivity (Wildman–Crippen MR) is 103 cm³/mol. The lowest BCUT2D eigenvalue weighted by atomic mass is 10.1. The highest BCUT2D eigenvalue weighted by atomic mass is 16.5. The average molecular weight is 363 g/mol. The van der Waals surface area contributed by atoms with Gasteiger partial charge in [0.05, 0.1) is 5.69 Å². The van der Waals surface area contributed by atoms with Gasteiger partial charge in [-0.2, -0.15) is 0 Å². The van der Waals surface area contributed by atoms with E-state index in [1.165, 1.54) is 5.56 Å². The summed E-state index contributed by atoms with van der Waals surface area (Å²) in [6, 6.07) is 8.00. The van der Waals surface area contributed by atoms with E-state index < -0.39 is 0 Å². The zero-order chi connectivity index (χ0) is 18.4. The second-order valence-electron chi connectivity index (χ2n) is 7.04. The molecule has 1 saturated heterocycles. The zero-order valence-electron chi connectivity index (χ0n) is 15.5. The average Bonchev–Trinajstić information content (AvgIpc) is 3.23. The molecule has 0 spiro atoms. The maximum atomic E-state index is 6.08. The molecule has 1 aliphatic heterocycles. The van der Waals surface area contributed by atoms with Gasteiger partial charge in [-0.15, -0.1) is 0 Å². The summed E-state index contributed by atoms with van der Waals surface area (Å²) in [4.78, 5) is 13.7. The van der Waals surface area contributed by atoms with E-state index in [0.717, 1.165) is 72.1 Å². The van der Waals surface area contributed by atoms with Crippen LogP contribution in [0.2, 0.25) is 0 Å². The highest BCUT2D eigenvalue weighted by Crippen LogP contribution is 2.32. The van der Waals surface area contributed by atoms with Crippen LogP contribution < -0.4 is 4.90 Å². The lowest BCUT2D eigenvalue weighted by Crippen LogP contribution is -2.46. The van der Waals surface area contributed by atoms with Crippen molar-refractivity contribution in [2.24, 2.45) is 0 Å². The molecule has 138 valence electrons. The van der Waals surface area contributed by atoms with Crippen molar-refractivity contribution < 1.29 is 8.94 Å². The Morgan fingerprint density at radius 1 is 1.04 bits per heavy atom. The van der Waals surface area contributed by atoms with E-state index in [9.17, 15) is 0 Å². The molecule has 0 N–H and O–H groups in total. The Morgan fingerprint density at radius 2 is 1.85 bits per heavy atom. The summed E-state index contributed by atoms with van der Waals surface area (Å²) >= 11 is 0. The number of hydrogen-bond donors (Lipinski definition) is 0. The number of nitrogens with zero attached hydrogens (tertiary/aromatic N) is 5. The molecule has 5 rings (SSSR count). The van der Waals surface area contributed by atoms with Crippen molar-refractivity contribution in [1.29, 1.82) is 0 Å². The van der Waals surface area contributed by atoms with Gasteiger partial charge < -0.3 is 13.8 Å². The molecule has 0 radical (unpaired) electrons. The molecule has 4 aromatic rings. The van der Waals surface area contributed by atoms with Crippen LogP contribution in [-0.4, -0.2) is 46.2 Å². The Hall–Kier alpha value is -2.93. The van der Waals surface area contributed by atoms with Crippen LogP contribution in [0.3, 0.4) is 0 Å². The quantitative estimate of drug-likeness (QED) is 0.553. The van der Waals surface area contributed by atoms with Crippen LogP contribution >= 0.6 is 0 Å². The van der Waals surface area contributed by atoms with Crippen LogP contribution in [0.25, 0.3) is 22.1 Å². The fourth-order valence-corrected chi connectivity index (χ4v) is 3.81. The smallest absolute Gasteiger partial charge is 0.196 e. The van der Waals surface area contributed by atoms with E-state index in [1.54, 1.807) is 6.33 Å². The first kappa shape index (κ1) is 16.3. The molecule has 4 heterocycles. The van der Waals surface area contributed by atoms with Gasteiger partial charge in [-0.3, -0.25) is 4.90 Å². The first-order valence-electron chi connectivity index (χ1n) is 9.22. The van der Waals surface area contributed by atoms with Crippen LogP contribution in [-0.2, 0) is 6.54 Å². The van der Waals surface area contributed by atoms with Gasteiger partial charge in [-0.25, -0.2) is 9.97 Å². The Bertz CT molecular complexity index is 1090. The van der Waals surface area contributed by atoms with Crippen LogP contribution in [0, 0.1) is 13.8 Å². The lowest BCUT2D eigenvalue weighted by molar-refractivity contribution is 0.247. The largest absolute Gasteiger partial charge is 0.450 e. The lowest BCUT2D eigenvalue weighted by Gasteiger charge is -2.35. The molecule has 0 atom stereocenters. The van der Waals surface area contributed by atoms with E-state index in [4.69, 9.17) is 8.94 Å². The number of piperazine rings is 1. The van der Waals surface area contributed by atoms with Crippen LogP contribution in [0.5, 0.6) is 0 Å². The van der Waals surface area contributed by atoms with Gasteiger partial charge in [-0.1, -0.05) is 17.3 Å². The van der Waals surface area contributed by atoms with Gasteiger partial charge in [0.15, 0.2) is 11.4 Å². The topological polar surface area (TPSA) is 71.4 Å². The van der Waals surface area contributed by atoms with Gasteiger partial charge >= 0.3 is 0 Å². The number of anilines is 1. The maximum absolute atomic E-state index is 6.08. The first-order chi connectivity index (χ1) is 13.2. The summed E-state index contributed by atoms with van der Waals surface area (Å²) in [6.07, 6.45) is 1.63. The Balaban J connectivity index is 1.38.